The SMILES string of the molecule is NS(=O)(=O)c1ccc(C2(N3CCN(C(=O)C(F)(F)F)CC3)CC2)cc1-c1ccc(Cl)c2c(Cl)c[nH]c12. The van der Waals surface area contributed by atoms with Crippen LogP contribution in [-0.4, -0.2) is 61.5 Å². The van der Waals surface area contributed by atoms with Gasteiger partial charge in [0.15, 0.2) is 0 Å². The second-order valence-corrected chi connectivity index (χ2v) is 11.4. The summed E-state index contributed by atoms with van der Waals surface area (Å²) in [7, 11) is -4.10. The van der Waals surface area contributed by atoms with Crippen LogP contribution in [0.3, 0.4) is 0 Å². The summed E-state index contributed by atoms with van der Waals surface area (Å²) in [6.07, 6.45) is -1.84. The Bertz CT molecular complexity index is 1480. The average molecular weight is 561 g/mol. The van der Waals surface area contributed by atoms with Gasteiger partial charge in [0.2, 0.25) is 10.0 Å². The number of primary sulfonamides is 1. The predicted octanol–water partition coefficient (Wildman–Crippen LogP) is 4.48. The highest BCUT2D eigenvalue weighted by atomic mass is 35.5. The normalized spacial score (nSPS) is 18.6. The fraction of sp³-hybridized carbons (Fsp3) is 0.348. The summed E-state index contributed by atoms with van der Waals surface area (Å²) in [5.74, 6) is -1.83. The van der Waals surface area contributed by atoms with E-state index in [9.17, 15) is 26.4 Å². The standard InChI is InChI=1S/C23H21Cl2F3N4O3S/c24-16-3-2-14(20-19(16)17(25)12-30-20)15-11-13(1-4-18(15)36(29,34)35)22(5-6-22)32-9-7-31(8-10-32)21(33)23(26,27)28/h1-4,11-12,30H,5-10H2,(H2,29,34,35). The monoisotopic (exact) mass is 560 g/mol. The van der Waals surface area contributed by atoms with E-state index in [1.54, 1.807) is 30.5 Å². The molecule has 5 rings (SSSR count). The third kappa shape index (κ3) is 4.26. The molecule has 2 fully saturated rings. The second-order valence-electron chi connectivity index (χ2n) is 9.05. The van der Waals surface area contributed by atoms with E-state index in [1.807, 2.05) is 0 Å². The molecular formula is C23H21Cl2F3N4O3S. The molecule has 0 radical (unpaired) electrons. The molecule has 36 heavy (non-hydrogen) atoms. The number of nitrogens with zero attached hydrogens (tertiary/aromatic N) is 2. The molecular weight excluding hydrogens is 540 g/mol. The van der Waals surface area contributed by atoms with Crippen molar-refractivity contribution in [3.05, 3.63) is 52.1 Å². The summed E-state index contributed by atoms with van der Waals surface area (Å²) in [6.45, 7) is 0.457. The Labute approximate surface area is 215 Å². The maximum absolute atomic E-state index is 12.8. The number of nitrogens with one attached hydrogen (secondary N) is 1. The van der Waals surface area contributed by atoms with Gasteiger partial charge in [-0.3, -0.25) is 9.69 Å². The molecule has 0 bridgehead atoms. The molecule has 1 aliphatic heterocycles. The molecule has 0 atom stereocenters. The number of sulfonamides is 1. The maximum atomic E-state index is 12.8. The van der Waals surface area contributed by atoms with Gasteiger partial charge in [-0.1, -0.05) is 35.3 Å². The number of carbonyl (C=O) groups is 1. The highest BCUT2D eigenvalue weighted by Crippen LogP contribution is 2.52. The molecule has 7 nitrogen and oxygen atoms in total. The van der Waals surface area contributed by atoms with Gasteiger partial charge < -0.3 is 9.88 Å². The number of amides is 1. The number of benzene rings is 2. The highest BCUT2D eigenvalue weighted by molar-refractivity contribution is 7.89. The number of carbonyl (C=O) groups excluding carboxylic acids is 1. The molecule has 1 aromatic heterocycles. The second kappa shape index (κ2) is 8.63. The van der Waals surface area contributed by atoms with Gasteiger partial charge in [-0.05, 0) is 36.6 Å². The maximum Gasteiger partial charge on any atom is 0.471 e. The molecule has 2 heterocycles. The van der Waals surface area contributed by atoms with Crippen LogP contribution >= 0.6 is 23.2 Å². The molecule has 1 saturated carbocycles. The van der Waals surface area contributed by atoms with Crippen molar-refractivity contribution < 1.29 is 26.4 Å². The fourth-order valence-corrected chi connectivity index (χ4v) is 6.39. The highest BCUT2D eigenvalue weighted by Gasteiger charge is 2.51. The number of nitrogens with two attached hydrogens (primary N) is 1. The predicted molar refractivity (Wildman–Crippen MR) is 130 cm³/mol. The lowest BCUT2D eigenvalue weighted by Gasteiger charge is -2.40. The number of alkyl halides is 3. The molecule has 2 aliphatic rings. The van der Waals surface area contributed by atoms with Crippen LogP contribution in [0.1, 0.15) is 18.4 Å². The van der Waals surface area contributed by atoms with Crippen LogP contribution in [0.25, 0.3) is 22.0 Å². The van der Waals surface area contributed by atoms with Crippen molar-refractivity contribution in [1.82, 2.24) is 14.8 Å². The van der Waals surface area contributed by atoms with E-state index in [-0.39, 0.29) is 31.1 Å². The topological polar surface area (TPSA) is 99.5 Å². The summed E-state index contributed by atoms with van der Waals surface area (Å²) in [5.41, 5.74) is 1.83. The molecule has 0 unspecified atom stereocenters. The molecule has 1 amide bonds. The minimum atomic E-state index is -4.90. The quantitative estimate of drug-likeness (QED) is 0.491. The van der Waals surface area contributed by atoms with E-state index < -0.39 is 27.6 Å². The largest absolute Gasteiger partial charge is 0.471 e. The van der Waals surface area contributed by atoms with E-state index in [0.717, 1.165) is 23.3 Å². The molecule has 1 aliphatic carbocycles. The number of hydrogen-bond acceptors (Lipinski definition) is 4. The zero-order valence-electron chi connectivity index (χ0n) is 18.7. The van der Waals surface area contributed by atoms with Crippen LogP contribution < -0.4 is 5.14 Å². The minimum Gasteiger partial charge on any atom is -0.359 e. The van der Waals surface area contributed by atoms with Gasteiger partial charge >= 0.3 is 12.1 Å². The minimum absolute atomic E-state index is 0.0407. The number of aromatic amines is 1. The number of aromatic nitrogens is 1. The van der Waals surface area contributed by atoms with Crippen molar-refractivity contribution >= 4 is 50.0 Å². The van der Waals surface area contributed by atoms with E-state index in [2.05, 4.69) is 9.88 Å². The number of halogens is 5. The third-order valence-corrected chi connectivity index (χ3v) is 8.57. The van der Waals surface area contributed by atoms with Gasteiger partial charge in [0.25, 0.3) is 0 Å². The lowest BCUT2D eigenvalue weighted by molar-refractivity contribution is -0.187. The van der Waals surface area contributed by atoms with Crippen molar-refractivity contribution in [2.45, 2.75) is 29.5 Å². The van der Waals surface area contributed by atoms with E-state index >= 15 is 0 Å². The van der Waals surface area contributed by atoms with Crippen LogP contribution in [0.2, 0.25) is 10.0 Å². The number of H-pyrrole nitrogens is 1. The van der Waals surface area contributed by atoms with Crippen molar-refractivity contribution in [1.29, 1.82) is 0 Å². The zero-order chi connectivity index (χ0) is 26.0. The first kappa shape index (κ1) is 25.3. The van der Waals surface area contributed by atoms with Gasteiger partial charge in [-0.25, -0.2) is 13.6 Å². The lowest BCUT2D eigenvalue weighted by Crippen LogP contribution is -2.54. The molecule has 1 saturated heterocycles. The Kier molecular flexibility index (Phi) is 6.07. The Balaban J connectivity index is 1.54. The summed E-state index contributed by atoms with van der Waals surface area (Å²) >= 11 is 12.6. The first-order valence-electron chi connectivity index (χ1n) is 11.1. The summed E-state index contributed by atoms with van der Waals surface area (Å²) in [4.78, 5) is 17.5. The molecule has 3 N–H and O–H groups in total. The van der Waals surface area contributed by atoms with Crippen LogP contribution in [-0.2, 0) is 20.4 Å². The molecule has 2 aromatic carbocycles. The van der Waals surface area contributed by atoms with Gasteiger partial charge in [0.05, 0.1) is 20.5 Å². The van der Waals surface area contributed by atoms with E-state index in [4.69, 9.17) is 28.3 Å². The first-order chi connectivity index (χ1) is 16.8. The van der Waals surface area contributed by atoms with Gasteiger partial charge in [-0.2, -0.15) is 13.2 Å². The van der Waals surface area contributed by atoms with Crippen LogP contribution in [0.4, 0.5) is 13.2 Å². The average Bonchev–Trinajstić information content (AvgIpc) is 3.54. The van der Waals surface area contributed by atoms with Crippen molar-refractivity contribution in [2.24, 2.45) is 5.14 Å². The smallest absolute Gasteiger partial charge is 0.359 e. The van der Waals surface area contributed by atoms with Crippen molar-refractivity contribution in [3.63, 3.8) is 0 Å². The third-order valence-electron chi connectivity index (χ3n) is 6.99. The van der Waals surface area contributed by atoms with Crippen LogP contribution in [0, 0.1) is 0 Å². The molecule has 0 spiro atoms. The van der Waals surface area contributed by atoms with Crippen LogP contribution in [0.5, 0.6) is 0 Å². The number of hydrogen-bond donors (Lipinski definition) is 2. The molecule has 13 heteroatoms. The Morgan fingerprint density at radius 2 is 1.67 bits per heavy atom. The Morgan fingerprint density at radius 1 is 1.00 bits per heavy atom. The number of rotatable bonds is 4. The number of fused-ring (bicyclic) bond motifs is 1. The van der Waals surface area contributed by atoms with Gasteiger partial charge in [-0.15, -0.1) is 0 Å². The summed E-state index contributed by atoms with van der Waals surface area (Å²) < 4.78 is 63.4. The van der Waals surface area contributed by atoms with E-state index in [1.165, 1.54) is 6.07 Å². The first-order valence-corrected chi connectivity index (χ1v) is 13.4. The lowest BCUT2D eigenvalue weighted by atomic mass is 9.95. The van der Waals surface area contributed by atoms with Gasteiger partial charge in [0.1, 0.15) is 0 Å². The van der Waals surface area contributed by atoms with Crippen molar-refractivity contribution in [3.8, 4) is 11.1 Å². The van der Waals surface area contributed by atoms with Crippen molar-refractivity contribution in [2.75, 3.05) is 26.2 Å². The summed E-state index contributed by atoms with van der Waals surface area (Å²) in [6, 6.07) is 8.22. The zero-order valence-corrected chi connectivity index (χ0v) is 21.0. The number of piperazine rings is 1. The molecule has 3 aromatic rings. The van der Waals surface area contributed by atoms with E-state index in [0.29, 0.717) is 32.1 Å². The Morgan fingerprint density at radius 3 is 2.25 bits per heavy atom. The molecule has 192 valence electrons. The fourth-order valence-electron chi connectivity index (χ4n) is 5.09. The summed E-state index contributed by atoms with van der Waals surface area (Å²) in [5, 5.41) is 6.88. The van der Waals surface area contributed by atoms with Crippen LogP contribution in [0.15, 0.2) is 41.4 Å². The Hall–Kier alpha value is -2.31. The van der Waals surface area contributed by atoms with Gasteiger partial charge in [0, 0.05) is 54.4 Å².